The van der Waals surface area contributed by atoms with Crippen molar-refractivity contribution in [1.82, 2.24) is 14.7 Å². The van der Waals surface area contributed by atoms with Crippen LogP contribution in [0, 0.1) is 0 Å². The third-order valence-electron chi connectivity index (χ3n) is 3.24. The van der Waals surface area contributed by atoms with E-state index in [0.29, 0.717) is 6.54 Å². The van der Waals surface area contributed by atoms with Crippen LogP contribution in [0.15, 0.2) is 59.6 Å². The predicted octanol–water partition coefficient (Wildman–Crippen LogP) is 3.21. The molecule has 4 nitrogen and oxygen atoms in total. The highest BCUT2D eigenvalue weighted by Gasteiger charge is 2.12. The Bertz CT molecular complexity index is 703. The van der Waals surface area contributed by atoms with E-state index in [2.05, 4.69) is 5.10 Å². The zero-order valence-corrected chi connectivity index (χ0v) is 12.5. The van der Waals surface area contributed by atoms with Gasteiger partial charge in [0.1, 0.15) is 0 Å². The molecule has 106 valence electrons. The summed E-state index contributed by atoms with van der Waals surface area (Å²) < 4.78 is 1.81. The topological polar surface area (TPSA) is 38.1 Å². The fourth-order valence-electron chi connectivity index (χ4n) is 2.13. The largest absolute Gasteiger partial charge is 0.337 e. The number of benzene rings is 1. The van der Waals surface area contributed by atoms with Crippen molar-refractivity contribution < 1.29 is 4.79 Å². The van der Waals surface area contributed by atoms with Crippen molar-refractivity contribution in [3.05, 3.63) is 70.7 Å². The van der Waals surface area contributed by atoms with Gasteiger partial charge in [-0.1, -0.05) is 12.1 Å². The summed E-state index contributed by atoms with van der Waals surface area (Å²) in [5.41, 5.74) is 2.85. The number of nitrogens with zero attached hydrogens (tertiary/aromatic N) is 3. The first-order valence-electron chi connectivity index (χ1n) is 6.60. The average Bonchev–Trinajstić information content (AvgIpc) is 3.20. The Balaban J connectivity index is 1.69. The van der Waals surface area contributed by atoms with Crippen LogP contribution in [0.2, 0.25) is 0 Å². The highest BCUT2D eigenvalue weighted by atomic mass is 32.1. The molecule has 0 radical (unpaired) electrons. The van der Waals surface area contributed by atoms with Gasteiger partial charge in [-0.25, -0.2) is 4.68 Å². The minimum absolute atomic E-state index is 0.0485. The van der Waals surface area contributed by atoms with Gasteiger partial charge in [0.05, 0.1) is 11.3 Å². The highest BCUT2D eigenvalue weighted by Crippen LogP contribution is 2.13. The first-order chi connectivity index (χ1) is 10.2. The number of hydrogen-bond acceptors (Lipinski definition) is 3. The summed E-state index contributed by atoms with van der Waals surface area (Å²) in [6.45, 7) is 0.591. The molecule has 0 unspecified atom stereocenters. The lowest BCUT2D eigenvalue weighted by Gasteiger charge is -2.16. The van der Waals surface area contributed by atoms with E-state index in [1.807, 2.05) is 65.1 Å². The summed E-state index contributed by atoms with van der Waals surface area (Å²) in [6.07, 6.45) is 3.66. The standard InChI is InChI=1S/C16H15N3OS/c1-18(16(20)14-7-10-21-12-14)11-13-3-5-15(6-4-13)19-9-2-8-17-19/h2-10,12H,11H2,1H3. The molecule has 0 fully saturated rings. The lowest BCUT2D eigenvalue weighted by atomic mass is 10.2. The van der Waals surface area contributed by atoms with Crippen LogP contribution in [0.5, 0.6) is 0 Å². The van der Waals surface area contributed by atoms with Crippen LogP contribution in [0.25, 0.3) is 5.69 Å². The summed E-state index contributed by atoms with van der Waals surface area (Å²) >= 11 is 1.53. The molecule has 5 heteroatoms. The Hall–Kier alpha value is -2.40. The van der Waals surface area contributed by atoms with E-state index in [1.54, 1.807) is 11.1 Å². The fraction of sp³-hybridized carbons (Fsp3) is 0.125. The molecule has 0 aliphatic heterocycles. The number of amides is 1. The number of rotatable bonds is 4. The zero-order valence-electron chi connectivity index (χ0n) is 11.6. The van der Waals surface area contributed by atoms with Gasteiger partial charge >= 0.3 is 0 Å². The predicted molar refractivity (Wildman–Crippen MR) is 83.7 cm³/mol. The van der Waals surface area contributed by atoms with Crippen molar-refractivity contribution in [1.29, 1.82) is 0 Å². The minimum atomic E-state index is 0.0485. The molecular formula is C16H15N3OS. The molecule has 0 spiro atoms. The second-order valence-corrected chi connectivity index (χ2v) is 5.57. The lowest BCUT2D eigenvalue weighted by Crippen LogP contribution is -2.25. The van der Waals surface area contributed by atoms with E-state index in [4.69, 9.17) is 0 Å². The Kier molecular flexibility index (Phi) is 3.83. The van der Waals surface area contributed by atoms with Crippen molar-refractivity contribution in [3.63, 3.8) is 0 Å². The number of hydrogen-bond donors (Lipinski definition) is 0. The number of carbonyl (C=O) groups excluding carboxylic acids is 1. The molecule has 2 heterocycles. The van der Waals surface area contributed by atoms with Gasteiger partial charge in [0.2, 0.25) is 0 Å². The van der Waals surface area contributed by atoms with Gasteiger partial charge in [0.25, 0.3) is 5.91 Å². The Labute approximate surface area is 127 Å². The van der Waals surface area contributed by atoms with Crippen LogP contribution in [-0.4, -0.2) is 27.6 Å². The second-order valence-electron chi connectivity index (χ2n) is 4.79. The molecule has 0 bridgehead atoms. The van der Waals surface area contributed by atoms with Gasteiger partial charge < -0.3 is 4.90 Å². The lowest BCUT2D eigenvalue weighted by molar-refractivity contribution is 0.0785. The molecule has 0 saturated heterocycles. The Morgan fingerprint density at radius 1 is 1.29 bits per heavy atom. The molecule has 0 atom stereocenters. The van der Waals surface area contributed by atoms with Crippen LogP contribution in [-0.2, 0) is 6.54 Å². The van der Waals surface area contributed by atoms with E-state index < -0.39 is 0 Å². The maximum atomic E-state index is 12.2. The first kappa shape index (κ1) is 13.6. The normalized spacial score (nSPS) is 10.5. The molecule has 0 N–H and O–H groups in total. The summed E-state index contributed by atoms with van der Waals surface area (Å²) in [7, 11) is 1.82. The second kappa shape index (κ2) is 5.93. The number of aromatic nitrogens is 2. The van der Waals surface area contributed by atoms with E-state index in [1.165, 1.54) is 11.3 Å². The molecule has 1 amide bonds. The molecule has 2 aromatic heterocycles. The summed E-state index contributed by atoms with van der Waals surface area (Å²) in [6, 6.07) is 11.8. The average molecular weight is 297 g/mol. The molecular weight excluding hydrogens is 282 g/mol. The van der Waals surface area contributed by atoms with Crippen LogP contribution < -0.4 is 0 Å². The maximum absolute atomic E-state index is 12.2. The van der Waals surface area contributed by atoms with Gasteiger partial charge in [-0.15, -0.1) is 0 Å². The van der Waals surface area contributed by atoms with Gasteiger partial charge in [-0.3, -0.25) is 4.79 Å². The minimum Gasteiger partial charge on any atom is -0.337 e. The van der Waals surface area contributed by atoms with Crippen LogP contribution in [0.1, 0.15) is 15.9 Å². The van der Waals surface area contributed by atoms with Crippen LogP contribution in [0.4, 0.5) is 0 Å². The molecule has 21 heavy (non-hydrogen) atoms. The zero-order chi connectivity index (χ0) is 14.7. The van der Waals surface area contributed by atoms with Gasteiger partial charge in [-0.05, 0) is 35.2 Å². The fourth-order valence-corrected chi connectivity index (χ4v) is 2.76. The third kappa shape index (κ3) is 3.03. The van der Waals surface area contributed by atoms with E-state index in [-0.39, 0.29) is 5.91 Å². The molecule has 3 rings (SSSR count). The SMILES string of the molecule is CN(Cc1ccc(-n2cccn2)cc1)C(=O)c1ccsc1. The molecule has 0 saturated carbocycles. The quantitative estimate of drug-likeness (QED) is 0.741. The van der Waals surface area contributed by atoms with Crippen LogP contribution in [0.3, 0.4) is 0 Å². The summed E-state index contributed by atoms with van der Waals surface area (Å²) in [5.74, 6) is 0.0485. The van der Waals surface area contributed by atoms with E-state index >= 15 is 0 Å². The van der Waals surface area contributed by atoms with Gasteiger partial charge in [-0.2, -0.15) is 16.4 Å². The molecule has 3 aromatic rings. The van der Waals surface area contributed by atoms with Crippen molar-refractivity contribution in [2.75, 3.05) is 7.05 Å². The van der Waals surface area contributed by atoms with Crippen molar-refractivity contribution in [3.8, 4) is 5.69 Å². The van der Waals surface area contributed by atoms with Crippen LogP contribution >= 0.6 is 11.3 Å². The van der Waals surface area contributed by atoms with E-state index in [9.17, 15) is 4.79 Å². The maximum Gasteiger partial charge on any atom is 0.254 e. The van der Waals surface area contributed by atoms with Crippen molar-refractivity contribution in [2.24, 2.45) is 0 Å². The monoisotopic (exact) mass is 297 g/mol. The van der Waals surface area contributed by atoms with Gasteiger partial charge in [0, 0.05) is 31.4 Å². The van der Waals surface area contributed by atoms with E-state index in [0.717, 1.165) is 16.8 Å². The smallest absolute Gasteiger partial charge is 0.254 e. The number of carbonyl (C=O) groups is 1. The highest BCUT2D eigenvalue weighted by molar-refractivity contribution is 7.08. The molecule has 1 aromatic carbocycles. The Morgan fingerprint density at radius 2 is 2.10 bits per heavy atom. The summed E-state index contributed by atoms with van der Waals surface area (Å²) in [5, 5.41) is 7.98. The molecule has 0 aliphatic rings. The number of thiophene rings is 1. The first-order valence-corrected chi connectivity index (χ1v) is 7.55. The van der Waals surface area contributed by atoms with Crippen molar-refractivity contribution in [2.45, 2.75) is 6.54 Å². The van der Waals surface area contributed by atoms with Gasteiger partial charge in [0.15, 0.2) is 0 Å². The Morgan fingerprint density at radius 3 is 2.71 bits per heavy atom. The third-order valence-corrected chi connectivity index (χ3v) is 3.92. The van der Waals surface area contributed by atoms with Crippen molar-refractivity contribution >= 4 is 17.2 Å². The summed E-state index contributed by atoms with van der Waals surface area (Å²) in [4.78, 5) is 13.9. The molecule has 0 aliphatic carbocycles.